The first-order chi connectivity index (χ1) is 13.4. The molecule has 0 fully saturated rings. The Kier molecular flexibility index (Phi) is 4.38. The fourth-order valence-corrected chi connectivity index (χ4v) is 2.75. The molecule has 28 heavy (non-hydrogen) atoms. The van der Waals surface area contributed by atoms with Crippen molar-refractivity contribution in [1.82, 2.24) is 24.9 Å². The quantitative estimate of drug-likeness (QED) is 0.547. The van der Waals surface area contributed by atoms with Gasteiger partial charge in [-0.15, -0.1) is 0 Å². The molecule has 3 aromatic heterocycles. The van der Waals surface area contributed by atoms with Gasteiger partial charge in [0.25, 0.3) is 0 Å². The van der Waals surface area contributed by atoms with Gasteiger partial charge in [-0.1, -0.05) is 12.1 Å². The highest BCUT2D eigenvalue weighted by Gasteiger charge is 2.30. The Balaban J connectivity index is 1.69. The molecule has 4 rings (SSSR count). The summed E-state index contributed by atoms with van der Waals surface area (Å²) in [4.78, 5) is 20.5. The molecule has 0 radical (unpaired) electrons. The maximum atomic E-state index is 12.8. The molecule has 0 atom stereocenters. The molecule has 1 N–H and O–H groups in total. The predicted octanol–water partition coefficient (Wildman–Crippen LogP) is 4.92. The van der Waals surface area contributed by atoms with Gasteiger partial charge in [-0.05, 0) is 37.3 Å². The topological polar surface area (TPSA) is 67.3 Å². The molecule has 140 valence electrons. The molecule has 0 unspecified atom stereocenters. The number of hydrogen-bond acceptors (Lipinski definition) is 4. The lowest BCUT2D eigenvalue weighted by molar-refractivity contribution is -0.137. The number of nitrogens with one attached hydrogen (secondary N) is 1. The molecule has 0 saturated heterocycles. The number of benzene rings is 1. The average molecular weight is 381 g/mol. The third-order valence-corrected chi connectivity index (χ3v) is 4.11. The van der Waals surface area contributed by atoms with Gasteiger partial charge in [0.2, 0.25) is 0 Å². The summed E-state index contributed by atoms with van der Waals surface area (Å²) in [6.45, 7) is 1.80. The van der Waals surface area contributed by atoms with Crippen LogP contribution in [0.1, 0.15) is 11.3 Å². The van der Waals surface area contributed by atoms with E-state index in [9.17, 15) is 13.2 Å². The second-order valence-corrected chi connectivity index (χ2v) is 6.17. The normalized spacial score (nSPS) is 11.6. The van der Waals surface area contributed by atoms with E-state index in [1.807, 2.05) is 12.1 Å². The molecule has 0 aliphatic carbocycles. The van der Waals surface area contributed by atoms with Crippen LogP contribution in [0.25, 0.3) is 34.2 Å². The van der Waals surface area contributed by atoms with Crippen molar-refractivity contribution in [2.45, 2.75) is 13.1 Å². The molecular weight excluding hydrogens is 367 g/mol. The van der Waals surface area contributed by atoms with Gasteiger partial charge in [0.1, 0.15) is 0 Å². The van der Waals surface area contributed by atoms with Crippen molar-refractivity contribution in [3.05, 3.63) is 72.3 Å². The third-order valence-electron chi connectivity index (χ3n) is 4.11. The van der Waals surface area contributed by atoms with Crippen LogP contribution >= 0.6 is 0 Å². The highest BCUT2D eigenvalue weighted by molar-refractivity contribution is 5.64. The zero-order chi connectivity index (χ0) is 19.7. The summed E-state index contributed by atoms with van der Waals surface area (Å²) in [5.74, 6) is 0.834. The van der Waals surface area contributed by atoms with Crippen LogP contribution in [0.15, 0.2) is 61.1 Å². The molecule has 1 aromatic carbocycles. The van der Waals surface area contributed by atoms with Crippen LogP contribution in [0.5, 0.6) is 0 Å². The van der Waals surface area contributed by atoms with Gasteiger partial charge in [-0.25, -0.2) is 15.0 Å². The summed E-state index contributed by atoms with van der Waals surface area (Å²) in [5, 5.41) is 0. The highest BCUT2D eigenvalue weighted by Crippen LogP contribution is 2.31. The summed E-state index contributed by atoms with van der Waals surface area (Å²) in [5.41, 5.74) is 2.62. The number of alkyl halides is 3. The molecular formula is C20H14F3N5. The number of pyridine rings is 1. The van der Waals surface area contributed by atoms with Crippen LogP contribution < -0.4 is 0 Å². The van der Waals surface area contributed by atoms with Gasteiger partial charge in [-0.2, -0.15) is 13.2 Å². The maximum Gasteiger partial charge on any atom is 0.416 e. The van der Waals surface area contributed by atoms with Crippen LogP contribution in [0, 0.1) is 6.92 Å². The lowest BCUT2D eigenvalue weighted by atomic mass is 10.1. The van der Waals surface area contributed by atoms with Crippen LogP contribution in [-0.4, -0.2) is 24.9 Å². The monoisotopic (exact) mass is 381 g/mol. The lowest BCUT2D eigenvalue weighted by Crippen LogP contribution is -2.04. The minimum atomic E-state index is -4.37. The molecule has 0 spiro atoms. The fraction of sp³-hybridized carbons (Fsp3) is 0.100. The molecule has 0 bridgehead atoms. The SMILES string of the molecule is Cc1cc(-c2ccc(C(F)(F)F)cc2)nc(-c2nc(-c3cccnc3)c[nH]2)n1. The Hall–Kier alpha value is -3.55. The molecule has 8 heteroatoms. The smallest absolute Gasteiger partial charge is 0.341 e. The first-order valence-electron chi connectivity index (χ1n) is 8.40. The van der Waals surface area contributed by atoms with E-state index >= 15 is 0 Å². The van der Waals surface area contributed by atoms with Crippen molar-refractivity contribution < 1.29 is 13.2 Å². The number of nitrogens with zero attached hydrogens (tertiary/aromatic N) is 4. The predicted molar refractivity (Wildman–Crippen MR) is 98.0 cm³/mol. The van der Waals surface area contributed by atoms with E-state index in [1.54, 1.807) is 31.6 Å². The van der Waals surface area contributed by atoms with Crippen molar-refractivity contribution in [3.63, 3.8) is 0 Å². The van der Waals surface area contributed by atoms with Gasteiger partial charge in [0, 0.05) is 35.4 Å². The zero-order valence-corrected chi connectivity index (χ0v) is 14.7. The van der Waals surface area contributed by atoms with E-state index in [1.165, 1.54) is 12.1 Å². The van der Waals surface area contributed by atoms with Gasteiger partial charge >= 0.3 is 6.18 Å². The van der Waals surface area contributed by atoms with E-state index in [0.717, 1.165) is 17.7 Å². The Morgan fingerprint density at radius 2 is 1.68 bits per heavy atom. The van der Waals surface area contributed by atoms with E-state index in [2.05, 4.69) is 24.9 Å². The van der Waals surface area contributed by atoms with Crippen LogP contribution in [0.4, 0.5) is 13.2 Å². The molecule has 3 heterocycles. The number of aromatic nitrogens is 5. The summed E-state index contributed by atoms with van der Waals surface area (Å²) >= 11 is 0. The van der Waals surface area contributed by atoms with Gasteiger partial charge in [-0.3, -0.25) is 4.98 Å². The standard InChI is InChI=1S/C20H14F3N5/c1-12-9-16(13-4-6-15(7-5-13)20(21,22)23)27-19(26-12)18-25-11-17(28-18)14-3-2-8-24-10-14/h2-11H,1H3,(H,25,28). The van der Waals surface area contributed by atoms with Crippen molar-refractivity contribution in [3.8, 4) is 34.2 Å². The maximum absolute atomic E-state index is 12.8. The van der Waals surface area contributed by atoms with E-state index in [-0.39, 0.29) is 0 Å². The average Bonchev–Trinajstić information content (AvgIpc) is 3.18. The van der Waals surface area contributed by atoms with E-state index < -0.39 is 11.7 Å². The minimum absolute atomic E-state index is 0.366. The highest BCUT2D eigenvalue weighted by atomic mass is 19.4. The molecule has 4 aromatic rings. The summed E-state index contributed by atoms with van der Waals surface area (Å²) in [6, 6.07) is 10.3. The number of rotatable bonds is 3. The van der Waals surface area contributed by atoms with E-state index in [0.29, 0.717) is 34.3 Å². The number of aromatic amines is 1. The first kappa shape index (κ1) is 17.8. The molecule has 0 aliphatic heterocycles. The minimum Gasteiger partial charge on any atom is -0.341 e. The van der Waals surface area contributed by atoms with Crippen molar-refractivity contribution in [1.29, 1.82) is 0 Å². The van der Waals surface area contributed by atoms with Crippen molar-refractivity contribution in [2.24, 2.45) is 0 Å². The zero-order valence-electron chi connectivity index (χ0n) is 14.7. The first-order valence-corrected chi connectivity index (χ1v) is 8.40. The molecule has 0 saturated carbocycles. The van der Waals surface area contributed by atoms with E-state index in [4.69, 9.17) is 0 Å². The Bertz CT molecular complexity index is 1100. The lowest BCUT2D eigenvalue weighted by Gasteiger charge is -2.08. The largest absolute Gasteiger partial charge is 0.416 e. The molecule has 0 aliphatic rings. The van der Waals surface area contributed by atoms with Crippen molar-refractivity contribution in [2.75, 3.05) is 0 Å². The van der Waals surface area contributed by atoms with Crippen LogP contribution in [0.2, 0.25) is 0 Å². The van der Waals surface area contributed by atoms with Gasteiger partial charge in [0.05, 0.1) is 17.0 Å². The number of hydrogen-bond donors (Lipinski definition) is 1. The summed E-state index contributed by atoms with van der Waals surface area (Å²) in [7, 11) is 0. The Morgan fingerprint density at radius 3 is 2.36 bits per heavy atom. The Morgan fingerprint density at radius 1 is 0.893 bits per heavy atom. The van der Waals surface area contributed by atoms with Gasteiger partial charge < -0.3 is 4.98 Å². The van der Waals surface area contributed by atoms with Gasteiger partial charge in [0.15, 0.2) is 11.6 Å². The third kappa shape index (κ3) is 3.62. The number of halogens is 3. The molecule has 5 nitrogen and oxygen atoms in total. The second-order valence-electron chi connectivity index (χ2n) is 6.17. The van der Waals surface area contributed by atoms with Crippen molar-refractivity contribution >= 4 is 0 Å². The fourth-order valence-electron chi connectivity index (χ4n) is 2.75. The summed E-state index contributed by atoms with van der Waals surface area (Å²) < 4.78 is 38.3. The molecule has 0 amide bonds. The van der Waals surface area contributed by atoms with Crippen LogP contribution in [-0.2, 0) is 6.18 Å². The summed E-state index contributed by atoms with van der Waals surface area (Å²) in [6.07, 6.45) is 0.736. The number of aryl methyl sites for hydroxylation is 1. The number of H-pyrrole nitrogens is 1. The number of imidazole rings is 1. The second kappa shape index (κ2) is 6.88. The Labute approximate surface area is 158 Å². The van der Waals surface area contributed by atoms with Crippen LogP contribution in [0.3, 0.4) is 0 Å².